The van der Waals surface area contributed by atoms with Crippen molar-refractivity contribution in [3.05, 3.63) is 29.8 Å². The van der Waals surface area contributed by atoms with Crippen LogP contribution in [-0.2, 0) is 0 Å². The summed E-state index contributed by atoms with van der Waals surface area (Å²) < 4.78 is 5.56. The van der Waals surface area contributed by atoms with E-state index in [9.17, 15) is 9.90 Å². The first-order chi connectivity index (χ1) is 10.0. The van der Waals surface area contributed by atoms with Crippen LogP contribution in [0.1, 0.15) is 49.9 Å². The molecule has 4 heteroatoms. The maximum Gasteiger partial charge on any atom is 0.251 e. The van der Waals surface area contributed by atoms with Crippen molar-refractivity contribution in [2.75, 3.05) is 13.2 Å². The standard InChI is InChI=1S/C17H25NO3/c1-3-4-11-21-15-9-5-13(6-10-15)16(19)18-12-17(2,20)14-7-8-14/h5-6,9-10,14,20H,3-4,7-8,11-12H2,1-2H3,(H,18,19). The highest BCUT2D eigenvalue weighted by atomic mass is 16.5. The molecule has 1 saturated carbocycles. The van der Waals surface area contributed by atoms with Crippen molar-refractivity contribution in [2.24, 2.45) is 5.92 Å². The molecule has 0 aliphatic heterocycles. The lowest BCUT2D eigenvalue weighted by Crippen LogP contribution is -2.42. The fourth-order valence-electron chi connectivity index (χ4n) is 2.25. The summed E-state index contributed by atoms with van der Waals surface area (Å²) in [4.78, 5) is 12.0. The van der Waals surface area contributed by atoms with Crippen molar-refractivity contribution in [3.63, 3.8) is 0 Å². The molecule has 1 atom stereocenters. The first-order valence-corrected chi connectivity index (χ1v) is 7.76. The van der Waals surface area contributed by atoms with Crippen LogP contribution in [0.25, 0.3) is 0 Å². The second kappa shape index (κ2) is 6.94. The molecule has 1 aliphatic carbocycles. The molecule has 1 aliphatic rings. The zero-order valence-corrected chi connectivity index (χ0v) is 12.9. The Kier molecular flexibility index (Phi) is 5.23. The van der Waals surface area contributed by atoms with E-state index in [1.165, 1.54) is 0 Å². The third kappa shape index (κ3) is 4.74. The number of aliphatic hydroxyl groups is 1. The minimum absolute atomic E-state index is 0.156. The summed E-state index contributed by atoms with van der Waals surface area (Å²) in [7, 11) is 0. The van der Waals surface area contributed by atoms with Crippen LogP contribution in [0, 0.1) is 5.92 Å². The molecule has 1 aromatic rings. The highest BCUT2D eigenvalue weighted by Crippen LogP contribution is 2.39. The van der Waals surface area contributed by atoms with E-state index in [4.69, 9.17) is 4.74 Å². The molecule has 2 N–H and O–H groups in total. The lowest BCUT2D eigenvalue weighted by atomic mass is 10.0. The summed E-state index contributed by atoms with van der Waals surface area (Å²) in [5.41, 5.74) is -0.205. The summed E-state index contributed by atoms with van der Waals surface area (Å²) in [6.45, 7) is 4.90. The predicted molar refractivity (Wildman–Crippen MR) is 82.5 cm³/mol. The fourth-order valence-corrected chi connectivity index (χ4v) is 2.25. The summed E-state index contributed by atoms with van der Waals surface area (Å²) in [6, 6.07) is 7.12. The van der Waals surface area contributed by atoms with Gasteiger partial charge in [0.25, 0.3) is 5.91 Å². The first-order valence-electron chi connectivity index (χ1n) is 7.76. The second-order valence-electron chi connectivity index (χ2n) is 6.04. The molecule has 0 spiro atoms. The summed E-state index contributed by atoms with van der Waals surface area (Å²) in [6.07, 6.45) is 4.22. The third-order valence-corrected chi connectivity index (χ3v) is 3.95. The molecule has 2 rings (SSSR count). The van der Waals surface area contributed by atoms with Crippen LogP contribution < -0.4 is 10.1 Å². The van der Waals surface area contributed by atoms with Crippen molar-refractivity contribution in [1.29, 1.82) is 0 Å². The number of unbranched alkanes of at least 4 members (excludes halogenated alkanes) is 1. The Hall–Kier alpha value is -1.55. The van der Waals surface area contributed by atoms with Crippen LogP contribution in [0.4, 0.5) is 0 Å². The number of rotatable bonds is 8. The van der Waals surface area contributed by atoms with Crippen LogP contribution in [-0.4, -0.2) is 29.8 Å². The molecule has 0 bridgehead atoms. The summed E-state index contributed by atoms with van der Waals surface area (Å²) in [5.74, 6) is 0.952. The van der Waals surface area contributed by atoms with Gasteiger partial charge in [0, 0.05) is 12.1 Å². The second-order valence-corrected chi connectivity index (χ2v) is 6.04. The van der Waals surface area contributed by atoms with Crippen molar-refractivity contribution in [2.45, 2.75) is 45.1 Å². The molecular weight excluding hydrogens is 266 g/mol. The number of amides is 1. The average Bonchev–Trinajstić information content (AvgIpc) is 3.31. The van der Waals surface area contributed by atoms with Crippen LogP contribution in [0.5, 0.6) is 5.75 Å². The average molecular weight is 291 g/mol. The quantitative estimate of drug-likeness (QED) is 0.724. The van der Waals surface area contributed by atoms with Crippen molar-refractivity contribution in [1.82, 2.24) is 5.32 Å². The normalized spacial score (nSPS) is 17.1. The molecule has 1 unspecified atom stereocenters. The van der Waals surface area contributed by atoms with Crippen molar-refractivity contribution < 1.29 is 14.6 Å². The summed E-state index contributed by atoms with van der Waals surface area (Å²) >= 11 is 0. The van der Waals surface area contributed by atoms with Gasteiger partial charge in [0.1, 0.15) is 5.75 Å². The molecule has 0 aromatic heterocycles. The first kappa shape index (κ1) is 15.8. The molecule has 1 fully saturated rings. The Morgan fingerprint density at radius 3 is 2.62 bits per heavy atom. The van der Waals surface area contributed by atoms with E-state index < -0.39 is 5.60 Å². The molecule has 1 aromatic carbocycles. The van der Waals surface area contributed by atoms with Gasteiger partial charge in [-0.1, -0.05) is 13.3 Å². The predicted octanol–water partition coefficient (Wildman–Crippen LogP) is 2.76. The smallest absolute Gasteiger partial charge is 0.251 e. The van der Waals surface area contributed by atoms with Crippen LogP contribution in [0.2, 0.25) is 0 Å². The third-order valence-electron chi connectivity index (χ3n) is 3.95. The number of carbonyl (C=O) groups excluding carboxylic acids is 1. The van der Waals surface area contributed by atoms with Crippen molar-refractivity contribution >= 4 is 5.91 Å². The van der Waals surface area contributed by atoms with E-state index in [0.29, 0.717) is 24.6 Å². The lowest BCUT2D eigenvalue weighted by molar-refractivity contribution is 0.0354. The highest BCUT2D eigenvalue weighted by molar-refractivity contribution is 5.94. The molecule has 21 heavy (non-hydrogen) atoms. The molecule has 1 amide bonds. The number of hydrogen-bond donors (Lipinski definition) is 2. The van der Waals surface area contributed by atoms with Gasteiger partial charge in [-0.15, -0.1) is 0 Å². The van der Waals surface area contributed by atoms with Gasteiger partial charge in [-0.3, -0.25) is 4.79 Å². The minimum atomic E-state index is -0.793. The largest absolute Gasteiger partial charge is 0.494 e. The van der Waals surface area contributed by atoms with Crippen LogP contribution >= 0.6 is 0 Å². The monoisotopic (exact) mass is 291 g/mol. The molecular formula is C17H25NO3. The maximum absolute atomic E-state index is 12.0. The van der Waals surface area contributed by atoms with E-state index in [2.05, 4.69) is 12.2 Å². The van der Waals surface area contributed by atoms with Gasteiger partial charge in [0.15, 0.2) is 0 Å². The van der Waals surface area contributed by atoms with Gasteiger partial charge >= 0.3 is 0 Å². The van der Waals surface area contributed by atoms with E-state index in [0.717, 1.165) is 31.4 Å². The number of ether oxygens (including phenoxy) is 1. The Bertz CT molecular complexity index is 463. The van der Waals surface area contributed by atoms with Gasteiger partial charge in [-0.25, -0.2) is 0 Å². The van der Waals surface area contributed by atoms with E-state index >= 15 is 0 Å². The van der Waals surface area contributed by atoms with Gasteiger partial charge < -0.3 is 15.2 Å². The molecule has 0 heterocycles. The Balaban J connectivity index is 1.82. The molecule has 0 radical (unpaired) electrons. The molecule has 0 saturated heterocycles. The van der Waals surface area contributed by atoms with E-state index in [1.54, 1.807) is 19.1 Å². The van der Waals surface area contributed by atoms with Gasteiger partial charge in [0.05, 0.1) is 12.2 Å². The number of benzene rings is 1. The number of nitrogens with one attached hydrogen (secondary N) is 1. The Labute approximate surface area is 126 Å². The zero-order chi connectivity index (χ0) is 15.3. The number of hydrogen-bond acceptors (Lipinski definition) is 3. The number of carbonyl (C=O) groups is 1. The SMILES string of the molecule is CCCCOc1ccc(C(=O)NCC(C)(O)C2CC2)cc1. The minimum Gasteiger partial charge on any atom is -0.494 e. The van der Waals surface area contributed by atoms with E-state index in [1.807, 2.05) is 12.1 Å². The molecule has 116 valence electrons. The van der Waals surface area contributed by atoms with Crippen LogP contribution in [0.3, 0.4) is 0 Å². The van der Waals surface area contributed by atoms with Crippen LogP contribution in [0.15, 0.2) is 24.3 Å². The fraction of sp³-hybridized carbons (Fsp3) is 0.588. The van der Waals surface area contributed by atoms with E-state index in [-0.39, 0.29) is 5.91 Å². The molecule has 4 nitrogen and oxygen atoms in total. The zero-order valence-electron chi connectivity index (χ0n) is 12.9. The van der Waals surface area contributed by atoms with Gasteiger partial charge in [-0.05, 0) is 56.4 Å². The maximum atomic E-state index is 12.0. The lowest BCUT2D eigenvalue weighted by Gasteiger charge is -2.23. The van der Waals surface area contributed by atoms with Crippen molar-refractivity contribution in [3.8, 4) is 5.75 Å². The highest BCUT2D eigenvalue weighted by Gasteiger charge is 2.39. The summed E-state index contributed by atoms with van der Waals surface area (Å²) in [5, 5.41) is 13.0. The Morgan fingerprint density at radius 1 is 1.38 bits per heavy atom. The Morgan fingerprint density at radius 2 is 2.05 bits per heavy atom. The topological polar surface area (TPSA) is 58.6 Å². The van der Waals surface area contributed by atoms with Gasteiger partial charge in [0.2, 0.25) is 0 Å². The van der Waals surface area contributed by atoms with Gasteiger partial charge in [-0.2, -0.15) is 0 Å².